The number of rotatable bonds is 1. The van der Waals surface area contributed by atoms with Crippen molar-refractivity contribution >= 4 is 10.9 Å². The minimum atomic E-state index is 0.554. The van der Waals surface area contributed by atoms with Gasteiger partial charge in [0, 0.05) is 5.39 Å². The van der Waals surface area contributed by atoms with E-state index in [0.29, 0.717) is 5.92 Å². The summed E-state index contributed by atoms with van der Waals surface area (Å²) in [6, 6.07) is 6.35. The first-order valence-electron chi connectivity index (χ1n) is 4.48. The van der Waals surface area contributed by atoms with Crippen molar-refractivity contribution in [3.05, 3.63) is 36.4 Å². The smallest absolute Gasteiger partial charge is 0.0704 e. The third kappa shape index (κ3) is 1.32. The molecule has 13 heavy (non-hydrogen) atoms. The second kappa shape index (κ2) is 2.87. The molecule has 2 heteroatoms. The molecule has 0 saturated carbocycles. The van der Waals surface area contributed by atoms with E-state index in [1.807, 2.05) is 0 Å². The van der Waals surface area contributed by atoms with Gasteiger partial charge < -0.3 is 0 Å². The number of fused-ring (bicyclic) bond motifs is 1. The van der Waals surface area contributed by atoms with Gasteiger partial charge in [0.2, 0.25) is 0 Å². The minimum Gasteiger partial charge on any atom is -0.278 e. The number of aromatic nitrogens is 2. The average molecular weight is 173 g/mol. The van der Waals surface area contributed by atoms with Crippen LogP contribution in [0.4, 0.5) is 0 Å². The van der Waals surface area contributed by atoms with Gasteiger partial charge >= 0.3 is 0 Å². The van der Waals surface area contributed by atoms with E-state index >= 15 is 0 Å². The fourth-order valence-corrected chi connectivity index (χ4v) is 1.45. The molecule has 2 aromatic rings. The van der Waals surface area contributed by atoms with Crippen LogP contribution in [0, 0.1) is 6.92 Å². The lowest BCUT2D eigenvalue weighted by Gasteiger charge is -2.04. The highest BCUT2D eigenvalue weighted by molar-refractivity contribution is 5.82. The van der Waals surface area contributed by atoms with Crippen molar-refractivity contribution in [3.63, 3.8) is 0 Å². The number of aromatic amines is 1. The molecule has 0 fully saturated rings. The van der Waals surface area contributed by atoms with Crippen LogP contribution in [0.15, 0.2) is 18.2 Å². The van der Waals surface area contributed by atoms with Crippen LogP contribution in [0.5, 0.6) is 0 Å². The summed E-state index contributed by atoms with van der Waals surface area (Å²) in [7, 11) is 0. The number of hydrogen-bond donors (Lipinski definition) is 1. The number of hydrogen-bond acceptors (Lipinski definition) is 1. The van der Waals surface area contributed by atoms with Crippen LogP contribution in [0.25, 0.3) is 10.9 Å². The Labute approximate surface area is 78.0 Å². The Morgan fingerprint density at radius 3 is 2.85 bits per heavy atom. The third-order valence-corrected chi connectivity index (χ3v) is 2.33. The van der Waals surface area contributed by atoms with Gasteiger partial charge in [0.1, 0.15) is 0 Å². The van der Waals surface area contributed by atoms with E-state index in [1.165, 1.54) is 5.56 Å². The van der Waals surface area contributed by atoms with E-state index in [2.05, 4.69) is 49.2 Å². The highest BCUT2D eigenvalue weighted by atomic mass is 15.1. The molecule has 67 valence electrons. The Kier molecular flexibility index (Phi) is 1.83. The lowest BCUT2D eigenvalue weighted by Crippen LogP contribution is -1.85. The van der Waals surface area contributed by atoms with E-state index in [9.17, 15) is 0 Å². The Morgan fingerprint density at radius 1 is 1.38 bits per heavy atom. The predicted molar refractivity (Wildman–Crippen MR) is 54.6 cm³/mol. The standard InChI is InChI=1S/C11H13N2/c1-7(2)9-4-5-11-10(6-9)8(3)12-13-11/h4-7H,3H2,1-2H3,(H,12,13). The van der Waals surface area contributed by atoms with Gasteiger partial charge in [-0.15, -0.1) is 0 Å². The van der Waals surface area contributed by atoms with Crippen molar-refractivity contribution < 1.29 is 0 Å². The first kappa shape index (κ1) is 8.30. The zero-order valence-electron chi connectivity index (χ0n) is 7.96. The van der Waals surface area contributed by atoms with Crippen molar-refractivity contribution in [1.82, 2.24) is 10.2 Å². The van der Waals surface area contributed by atoms with Crippen molar-refractivity contribution in [3.8, 4) is 0 Å². The molecule has 1 radical (unpaired) electrons. The zero-order valence-corrected chi connectivity index (χ0v) is 7.96. The molecule has 2 nitrogen and oxygen atoms in total. The van der Waals surface area contributed by atoms with Gasteiger partial charge in [0.05, 0.1) is 11.2 Å². The van der Waals surface area contributed by atoms with Gasteiger partial charge in [-0.25, -0.2) is 0 Å². The van der Waals surface area contributed by atoms with E-state index in [-0.39, 0.29) is 0 Å². The van der Waals surface area contributed by atoms with E-state index < -0.39 is 0 Å². The highest BCUT2D eigenvalue weighted by Gasteiger charge is 2.04. The molecule has 0 bridgehead atoms. The van der Waals surface area contributed by atoms with Gasteiger partial charge in [-0.3, -0.25) is 5.10 Å². The van der Waals surface area contributed by atoms with Crippen LogP contribution in [0.3, 0.4) is 0 Å². The second-order valence-electron chi connectivity index (χ2n) is 3.63. The summed E-state index contributed by atoms with van der Waals surface area (Å²) in [6.07, 6.45) is 0. The maximum atomic E-state index is 4.06. The van der Waals surface area contributed by atoms with E-state index in [0.717, 1.165) is 16.6 Å². The molecule has 0 unspecified atom stereocenters. The second-order valence-corrected chi connectivity index (χ2v) is 3.63. The third-order valence-electron chi connectivity index (χ3n) is 2.33. The lowest BCUT2D eigenvalue weighted by molar-refractivity contribution is 0.869. The number of nitrogens with zero attached hydrogens (tertiary/aromatic N) is 1. The molecule has 0 aliphatic heterocycles. The van der Waals surface area contributed by atoms with Gasteiger partial charge in [0.25, 0.3) is 0 Å². The lowest BCUT2D eigenvalue weighted by atomic mass is 10.0. The van der Waals surface area contributed by atoms with Gasteiger partial charge in [-0.05, 0) is 30.5 Å². The van der Waals surface area contributed by atoms with Gasteiger partial charge in [0.15, 0.2) is 0 Å². The van der Waals surface area contributed by atoms with E-state index in [4.69, 9.17) is 0 Å². The Morgan fingerprint density at radius 2 is 2.15 bits per heavy atom. The average Bonchev–Trinajstić information content (AvgIpc) is 2.47. The summed E-state index contributed by atoms with van der Waals surface area (Å²) >= 11 is 0. The molecule has 1 N–H and O–H groups in total. The van der Waals surface area contributed by atoms with E-state index in [1.54, 1.807) is 0 Å². The number of nitrogens with one attached hydrogen (secondary N) is 1. The monoisotopic (exact) mass is 173 g/mol. The van der Waals surface area contributed by atoms with Gasteiger partial charge in [-0.1, -0.05) is 19.9 Å². The van der Waals surface area contributed by atoms with Gasteiger partial charge in [-0.2, -0.15) is 5.10 Å². The zero-order chi connectivity index (χ0) is 9.42. The predicted octanol–water partition coefficient (Wildman–Crippen LogP) is 2.87. The maximum absolute atomic E-state index is 4.06. The van der Waals surface area contributed by atoms with Crippen molar-refractivity contribution in [2.45, 2.75) is 19.8 Å². The van der Waals surface area contributed by atoms with Crippen LogP contribution in [-0.2, 0) is 0 Å². The molecule has 0 spiro atoms. The fraction of sp³-hybridized carbons (Fsp3) is 0.273. The maximum Gasteiger partial charge on any atom is 0.0704 e. The quantitative estimate of drug-likeness (QED) is 0.705. The highest BCUT2D eigenvalue weighted by Crippen LogP contribution is 2.21. The number of H-pyrrole nitrogens is 1. The molecule has 1 aromatic carbocycles. The molecule has 0 aliphatic carbocycles. The molecule has 1 heterocycles. The van der Waals surface area contributed by atoms with Crippen molar-refractivity contribution in [1.29, 1.82) is 0 Å². The molecular formula is C11H13N2. The largest absolute Gasteiger partial charge is 0.278 e. The van der Waals surface area contributed by atoms with Crippen molar-refractivity contribution in [2.75, 3.05) is 0 Å². The summed E-state index contributed by atoms with van der Waals surface area (Å²) in [5.74, 6) is 0.554. The molecule has 0 saturated heterocycles. The van der Waals surface area contributed by atoms with Crippen LogP contribution in [0.1, 0.15) is 31.0 Å². The van der Waals surface area contributed by atoms with Crippen molar-refractivity contribution in [2.24, 2.45) is 0 Å². The SMILES string of the molecule is [CH2]c1n[nH]c2ccc(C(C)C)cc12. The Hall–Kier alpha value is -1.31. The molecule has 1 aromatic heterocycles. The molecule has 0 atom stereocenters. The summed E-state index contributed by atoms with van der Waals surface area (Å²) in [5, 5.41) is 8.13. The first-order chi connectivity index (χ1) is 6.18. The topological polar surface area (TPSA) is 28.7 Å². The van der Waals surface area contributed by atoms with Crippen LogP contribution < -0.4 is 0 Å². The summed E-state index contributed by atoms with van der Waals surface area (Å²) in [6.45, 7) is 8.24. The molecule has 0 amide bonds. The molecular weight excluding hydrogens is 160 g/mol. The fourth-order valence-electron chi connectivity index (χ4n) is 1.45. The van der Waals surface area contributed by atoms with Crippen LogP contribution in [0.2, 0.25) is 0 Å². The number of benzene rings is 1. The summed E-state index contributed by atoms with van der Waals surface area (Å²) in [4.78, 5) is 0. The van der Waals surface area contributed by atoms with Crippen LogP contribution >= 0.6 is 0 Å². The Bertz CT molecular complexity index is 427. The molecule has 0 aliphatic rings. The van der Waals surface area contributed by atoms with Crippen LogP contribution in [-0.4, -0.2) is 10.2 Å². The summed E-state index contributed by atoms with van der Waals surface area (Å²) < 4.78 is 0. The first-order valence-corrected chi connectivity index (χ1v) is 4.48. The molecule has 2 rings (SSSR count). The minimum absolute atomic E-state index is 0.554. The normalized spacial score (nSPS) is 11.4. The summed E-state index contributed by atoms with van der Waals surface area (Å²) in [5.41, 5.74) is 3.23. The Balaban J connectivity index is 2.66.